The third-order valence-corrected chi connectivity index (χ3v) is 5.83. The third kappa shape index (κ3) is 4.17. The highest BCUT2D eigenvalue weighted by atomic mass is 32.2. The molecule has 2 aromatic rings. The van der Waals surface area contributed by atoms with Crippen LogP contribution in [0.5, 0.6) is 0 Å². The fraction of sp³-hybridized carbons (Fsp3) is 0.562. The maximum absolute atomic E-state index is 9.68. The summed E-state index contributed by atoms with van der Waals surface area (Å²) in [6.45, 7) is 3.97. The molecule has 1 fully saturated rings. The van der Waals surface area contributed by atoms with Crippen molar-refractivity contribution in [1.82, 2.24) is 14.3 Å². The molecule has 130 valence electrons. The first-order valence-corrected chi connectivity index (χ1v) is 10.1. The van der Waals surface area contributed by atoms with Crippen molar-refractivity contribution < 1.29 is 5.11 Å². The van der Waals surface area contributed by atoms with E-state index in [-0.39, 0.29) is 6.10 Å². The van der Waals surface area contributed by atoms with Gasteiger partial charge in [-0.1, -0.05) is 0 Å². The van der Waals surface area contributed by atoms with Crippen LogP contribution in [0.15, 0.2) is 11.0 Å². The van der Waals surface area contributed by atoms with E-state index in [9.17, 15) is 5.11 Å². The topological polar surface area (TPSA) is 83.0 Å². The van der Waals surface area contributed by atoms with Gasteiger partial charge in [0, 0.05) is 6.04 Å². The molecule has 8 heteroatoms. The summed E-state index contributed by atoms with van der Waals surface area (Å²) < 4.78 is 4.27. The normalized spacial score (nSPS) is 20.8. The van der Waals surface area contributed by atoms with Gasteiger partial charge in [0.05, 0.1) is 22.4 Å². The van der Waals surface area contributed by atoms with Crippen LogP contribution in [-0.2, 0) is 0 Å². The molecule has 0 unspecified atom stereocenters. The number of aromatic nitrogens is 3. The summed E-state index contributed by atoms with van der Waals surface area (Å²) in [5.41, 5.74) is 1.94. The molecule has 0 aromatic carbocycles. The van der Waals surface area contributed by atoms with Gasteiger partial charge in [-0.25, -0.2) is 4.98 Å². The van der Waals surface area contributed by atoms with Crippen molar-refractivity contribution in [3.05, 3.63) is 17.5 Å². The van der Waals surface area contributed by atoms with Crippen molar-refractivity contribution in [3.8, 4) is 0 Å². The van der Waals surface area contributed by atoms with E-state index >= 15 is 0 Å². The average Bonchev–Trinajstić information content (AvgIpc) is 2.94. The van der Waals surface area contributed by atoms with Crippen LogP contribution < -0.4 is 10.6 Å². The Kier molecular flexibility index (Phi) is 5.57. The van der Waals surface area contributed by atoms with Crippen molar-refractivity contribution >= 4 is 40.1 Å². The Bertz CT molecular complexity index is 698. The highest BCUT2D eigenvalue weighted by Crippen LogP contribution is 2.31. The first-order valence-electron chi connectivity index (χ1n) is 8.12. The summed E-state index contributed by atoms with van der Waals surface area (Å²) in [5.74, 6) is 1.47. The Balaban J connectivity index is 1.80. The molecule has 2 heterocycles. The lowest BCUT2D eigenvalue weighted by Gasteiger charge is -2.27. The number of thioether (sulfide) groups is 1. The van der Waals surface area contributed by atoms with Gasteiger partial charge in [0.15, 0.2) is 0 Å². The summed E-state index contributed by atoms with van der Waals surface area (Å²) in [6.07, 6.45) is 5.52. The molecule has 0 aliphatic heterocycles. The van der Waals surface area contributed by atoms with E-state index in [2.05, 4.69) is 25.0 Å². The molecule has 1 aliphatic carbocycles. The summed E-state index contributed by atoms with van der Waals surface area (Å²) in [5, 5.41) is 17.4. The zero-order valence-corrected chi connectivity index (χ0v) is 15.8. The second-order valence-corrected chi connectivity index (χ2v) is 7.74. The van der Waals surface area contributed by atoms with Gasteiger partial charge in [0.25, 0.3) is 0 Å². The number of hydrogen-bond acceptors (Lipinski definition) is 8. The monoisotopic (exact) mass is 365 g/mol. The standard InChI is InChI=1S/C16H23N5OS2/c1-9-8-13(24-21-9)19-16-17-10(2)14(23-3)15(20-16)18-11-4-6-12(22)7-5-11/h8,11-12,22H,4-7H2,1-3H3,(H2,17,18,19,20)/t11-,12+. The fourth-order valence-electron chi connectivity index (χ4n) is 2.91. The molecule has 6 nitrogen and oxygen atoms in total. The number of nitrogens with zero attached hydrogens (tertiary/aromatic N) is 3. The van der Waals surface area contributed by atoms with Crippen molar-refractivity contribution in [2.45, 2.75) is 56.6 Å². The summed E-state index contributed by atoms with van der Waals surface area (Å²) >= 11 is 3.06. The Morgan fingerprint density at radius 2 is 1.96 bits per heavy atom. The number of hydrogen-bond donors (Lipinski definition) is 3. The fourth-order valence-corrected chi connectivity index (χ4v) is 4.20. The number of rotatable bonds is 5. The molecule has 0 bridgehead atoms. The van der Waals surface area contributed by atoms with Crippen molar-refractivity contribution in [3.63, 3.8) is 0 Å². The van der Waals surface area contributed by atoms with E-state index in [4.69, 9.17) is 0 Å². The van der Waals surface area contributed by atoms with Crippen LogP contribution in [0.3, 0.4) is 0 Å². The van der Waals surface area contributed by atoms with E-state index in [1.54, 1.807) is 11.8 Å². The van der Waals surface area contributed by atoms with Gasteiger partial charge in [0.1, 0.15) is 10.8 Å². The SMILES string of the molecule is CSc1c(C)nc(Nc2cc(C)ns2)nc1N[C@H]1CC[C@@H](O)CC1. The molecule has 2 aromatic heterocycles. The zero-order valence-electron chi connectivity index (χ0n) is 14.2. The lowest BCUT2D eigenvalue weighted by molar-refractivity contribution is 0.126. The molecule has 0 radical (unpaired) electrons. The molecule has 0 atom stereocenters. The maximum atomic E-state index is 9.68. The smallest absolute Gasteiger partial charge is 0.230 e. The first kappa shape index (κ1) is 17.4. The second kappa shape index (κ2) is 7.67. The highest BCUT2D eigenvalue weighted by Gasteiger charge is 2.21. The zero-order chi connectivity index (χ0) is 17.1. The van der Waals surface area contributed by atoms with E-state index in [0.717, 1.165) is 52.8 Å². The van der Waals surface area contributed by atoms with Crippen LogP contribution in [0.25, 0.3) is 0 Å². The van der Waals surface area contributed by atoms with Gasteiger partial charge < -0.3 is 15.7 Å². The molecule has 0 saturated heterocycles. The van der Waals surface area contributed by atoms with E-state index in [0.29, 0.717) is 12.0 Å². The van der Waals surface area contributed by atoms with Crippen LogP contribution in [-0.4, -0.2) is 37.8 Å². The molecular formula is C16H23N5OS2. The van der Waals surface area contributed by atoms with Crippen LogP contribution in [0.4, 0.5) is 16.8 Å². The molecular weight excluding hydrogens is 342 g/mol. The Morgan fingerprint density at radius 1 is 1.21 bits per heavy atom. The molecule has 0 spiro atoms. The Labute approximate surface area is 150 Å². The van der Waals surface area contributed by atoms with Gasteiger partial charge in [-0.15, -0.1) is 11.8 Å². The second-order valence-electron chi connectivity index (χ2n) is 6.12. The summed E-state index contributed by atoms with van der Waals surface area (Å²) in [6, 6.07) is 2.34. The first-order chi connectivity index (χ1) is 11.5. The average molecular weight is 366 g/mol. The Hall–Kier alpha value is -1.38. The number of aliphatic hydroxyl groups excluding tert-OH is 1. The van der Waals surface area contributed by atoms with Crippen LogP contribution >= 0.6 is 23.3 Å². The van der Waals surface area contributed by atoms with Crippen LogP contribution in [0, 0.1) is 13.8 Å². The van der Waals surface area contributed by atoms with Crippen LogP contribution in [0.2, 0.25) is 0 Å². The van der Waals surface area contributed by atoms with Crippen molar-refractivity contribution in [2.75, 3.05) is 16.9 Å². The van der Waals surface area contributed by atoms with Gasteiger partial charge >= 0.3 is 0 Å². The number of aryl methyl sites for hydroxylation is 2. The minimum atomic E-state index is -0.151. The number of aliphatic hydroxyl groups is 1. The van der Waals surface area contributed by atoms with E-state index < -0.39 is 0 Å². The summed E-state index contributed by atoms with van der Waals surface area (Å²) in [7, 11) is 0. The van der Waals surface area contributed by atoms with Crippen molar-refractivity contribution in [2.24, 2.45) is 0 Å². The maximum Gasteiger partial charge on any atom is 0.230 e. The molecule has 1 saturated carbocycles. The van der Waals surface area contributed by atoms with Gasteiger partial charge in [-0.05, 0) is 63.4 Å². The van der Waals surface area contributed by atoms with Crippen molar-refractivity contribution in [1.29, 1.82) is 0 Å². The van der Waals surface area contributed by atoms with Gasteiger partial charge in [-0.3, -0.25) is 0 Å². The Morgan fingerprint density at radius 3 is 2.58 bits per heavy atom. The highest BCUT2D eigenvalue weighted by molar-refractivity contribution is 7.98. The van der Waals surface area contributed by atoms with Crippen LogP contribution in [0.1, 0.15) is 37.1 Å². The quantitative estimate of drug-likeness (QED) is 0.696. The van der Waals surface area contributed by atoms with Gasteiger partial charge in [0.2, 0.25) is 5.95 Å². The molecule has 24 heavy (non-hydrogen) atoms. The molecule has 3 N–H and O–H groups in total. The predicted molar refractivity (Wildman–Crippen MR) is 101 cm³/mol. The minimum absolute atomic E-state index is 0.151. The lowest BCUT2D eigenvalue weighted by Crippen LogP contribution is -2.29. The molecule has 1 aliphatic rings. The van der Waals surface area contributed by atoms with E-state index in [1.165, 1.54) is 11.5 Å². The van der Waals surface area contributed by atoms with Gasteiger partial charge in [-0.2, -0.15) is 9.36 Å². The third-order valence-electron chi connectivity index (χ3n) is 4.14. The number of anilines is 3. The van der Waals surface area contributed by atoms with E-state index in [1.807, 2.05) is 26.2 Å². The number of nitrogens with one attached hydrogen (secondary N) is 2. The lowest BCUT2D eigenvalue weighted by atomic mass is 9.93. The minimum Gasteiger partial charge on any atom is -0.393 e. The summed E-state index contributed by atoms with van der Waals surface area (Å²) in [4.78, 5) is 10.3. The largest absolute Gasteiger partial charge is 0.393 e. The molecule has 3 rings (SSSR count). The predicted octanol–water partition coefficient (Wildman–Crippen LogP) is 3.73. The molecule has 0 amide bonds.